The van der Waals surface area contributed by atoms with E-state index in [1.807, 2.05) is 11.3 Å². The van der Waals surface area contributed by atoms with Crippen LogP contribution in [0.2, 0.25) is 0 Å². The van der Waals surface area contributed by atoms with Crippen LogP contribution in [0.4, 0.5) is 0 Å². The summed E-state index contributed by atoms with van der Waals surface area (Å²) in [6, 6.07) is 11.5. The zero-order valence-corrected chi connectivity index (χ0v) is 13.8. The molecule has 2 nitrogen and oxygen atoms in total. The molecule has 1 aromatic heterocycles. The molecular weight excluding hydrogens is 276 g/mol. The maximum Gasteiger partial charge on any atom is 0.0386 e. The molecule has 0 aliphatic carbocycles. The largest absolute Gasteiger partial charge is 0.308 e. The van der Waals surface area contributed by atoms with Crippen LogP contribution in [0.15, 0.2) is 30.3 Å². The summed E-state index contributed by atoms with van der Waals surface area (Å²) in [5.41, 5.74) is 0. The highest BCUT2D eigenvalue weighted by Gasteiger charge is 2.11. The van der Waals surface area contributed by atoms with E-state index in [-0.39, 0.29) is 0 Å². The maximum atomic E-state index is 3.70. The fourth-order valence-corrected chi connectivity index (χ4v) is 4.21. The van der Waals surface area contributed by atoms with Crippen molar-refractivity contribution >= 4 is 21.4 Å². The van der Waals surface area contributed by atoms with Crippen molar-refractivity contribution in [1.29, 1.82) is 0 Å². The highest BCUT2D eigenvalue weighted by molar-refractivity contribution is 7.19. The summed E-state index contributed by atoms with van der Waals surface area (Å²) in [5, 5.41) is 5.07. The van der Waals surface area contributed by atoms with Gasteiger partial charge in [0.2, 0.25) is 0 Å². The highest BCUT2D eigenvalue weighted by atomic mass is 32.1. The monoisotopic (exact) mass is 302 g/mol. The Labute approximate surface area is 132 Å². The summed E-state index contributed by atoms with van der Waals surface area (Å²) in [7, 11) is 0. The molecule has 2 heterocycles. The third-order valence-corrected chi connectivity index (χ3v) is 5.75. The molecule has 3 rings (SSSR count). The minimum absolute atomic E-state index is 0.453. The zero-order chi connectivity index (χ0) is 14.5. The second kappa shape index (κ2) is 7.39. The molecule has 2 aromatic rings. The molecule has 0 spiro atoms. The van der Waals surface area contributed by atoms with Gasteiger partial charge in [-0.3, -0.25) is 0 Å². The van der Waals surface area contributed by atoms with Gasteiger partial charge in [0.05, 0.1) is 0 Å². The number of thiophene rings is 1. The quantitative estimate of drug-likeness (QED) is 0.879. The van der Waals surface area contributed by atoms with Crippen molar-refractivity contribution < 1.29 is 0 Å². The van der Waals surface area contributed by atoms with Gasteiger partial charge in [-0.25, -0.2) is 0 Å². The van der Waals surface area contributed by atoms with Crippen molar-refractivity contribution in [3.63, 3.8) is 0 Å². The van der Waals surface area contributed by atoms with Gasteiger partial charge in [0.25, 0.3) is 0 Å². The van der Waals surface area contributed by atoms with E-state index in [2.05, 4.69) is 47.5 Å². The number of nitrogens with one attached hydrogen (secondary N) is 1. The first-order valence-electron chi connectivity index (χ1n) is 8.27. The molecule has 0 amide bonds. The van der Waals surface area contributed by atoms with Crippen LogP contribution in [0.25, 0.3) is 10.1 Å². The Hall–Kier alpha value is -0.900. The third kappa shape index (κ3) is 4.06. The first-order chi connectivity index (χ1) is 10.3. The van der Waals surface area contributed by atoms with E-state index in [9.17, 15) is 0 Å². The smallest absolute Gasteiger partial charge is 0.0386 e. The van der Waals surface area contributed by atoms with Gasteiger partial charge < -0.3 is 10.2 Å². The first kappa shape index (κ1) is 15.0. The average molecular weight is 302 g/mol. The van der Waals surface area contributed by atoms with Crippen LogP contribution in [-0.4, -0.2) is 31.1 Å². The van der Waals surface area contributed by atoms with Gasteiger partial charge in [0.1, 0.15) is 0 Å². The van der Waals surface area contributed by atoms with Gasteiger partial charge in [-0.2, -0.15) is 0 Å². The van der Waals surface area contributed by atoms with Crippen LogP contribution in [-0.2, 0) is 0 Å². The molecule has 114 valence electrons. The average Bonchev–Trinajstić information content (AvgIpc) is 2.77. The Morgan fingerprint density at radius 3 is 2.67 bits per heavy atom. The Kier molecular flexibility index (Phi) is 5.28. The molecule has 1 unspecified atom stereocenters. The fraction of sp³-hybridized carbons (Fsp3) is 0.556. The van der Waals surface area contributed by atoms with E-state index < -0.39 is 0 Å². The fourth-order valence-electron chi connectivity index (χ4n) is 3.12. The number of hydrogen-bond donors (Lipinski definition) is 1. The van der Waals surface area contributed by atoms with Crippen LogP contribution in [0.1, 0.15) is 43.5 Å². The lowest BCUT2D eigenvalue weighted by Gasteiger charge is -2.21. The van der Waals surface area contributed by atoms with E-state index in [0.717, 1.165) is 6.54 Å². The van der Waals surface area contributed by atoms with Crippen molar-refractivity contribution in [2.75, 3.05) is 26.2 Å². The lowest BCUT2D eigenvalue weighted by atomic mass is 10.2. The number of likely N-dealkylation sites (tertiary alicyclic amines) is 1. The summed E-state index contributed by atoms with van der Waals surface area (Å²) in [4.78, 5) is 4.07. The van der Waals surface area contributed by atoms with E-state index in [1.165, 1.54) is 60.3 Å². The lowest BCUT2D eigenvalue weighted by Crippen LogP contribution is -2.33. The van der Waals surface area contributed by atoms with Crippen molar-refractivity contribution in [3.05, 3.63) is 35.2 Å². The lowest BCUT2D eigenvalue weighted by molar-refractivity contribution is 0.280. The SMILES string of the molecule is CC(NCCN1CCCCCC1)c1cc2ccccc2s1. The van der Waals surface area contributed by atoms with E-state index in [0.29, 0.717) is 6.04 Å². The molecule has 0 bridgehead atoms. The molecule has 21 heavy (non-hydrogen) atoms. The van der Waals surface area contributed by atoms with Gasteiger partial charge in [0, 0.05) is 28.7 Å². The molecule has 3 heteroatoms. The minimum atomic E-state index is 0.453. The summed E-state index contributed by atoms with van der Waals surface area (Å²) >= 11 is 1.92. The Bertz CT molecular complexity index is 522. The predicted octanol–water partition coefficient (Wildman–Crippen LogP) is 4.43. The first-order valence-corrected chi connectivity index (χ1v) is 9.09. The van der Waals surface area contributed by atoms with Crippen molar-refractivity contribution in [2.45, 2.75) is 38.6 Å². The number of rotatable bonds is 5. The highest BCUT2D eigenvalue weighted by Crippen LogP contribution is 2.29. The minimum Gasteiger partial charge on any atom is -0.308 e. The van der Waals surface area contributed by atoms with Crippen molar-refractivity contribution in [3.8, 4) is 0 Å². The van der Waals surface area contributed by atoms with Crippen LogP contribution in [0, 0.1) is 0 Å². The van der Waals surface area contributed by atoms with Gasteiger partial charge in [-0.1, -0.05) is 31.0 Å². The van der Waals surface area contributed by atoms with Gasteiger partial charge >= 0.3 is 0 Å². The zero-order valence-electron chi connectivity index (χ0n) is 13.0. The van der Waals surface area contributed by atoms with E-state index in [1.54, 1.807) is 0 Å². The van der Waals surface area contributed by atoms with E-state index >= 15 is 0 Å². The second-order valence-corrected chi connectivity index (χ2v) is 7.23. The van der Waals surface area contributed by atoms with Crippen LogP contribution < -0.4 is 5.32 Å². The molecule has 1 aliphatic rings. The molecule has 1 atom stereocenters. The van der Waals surface area contributed by atoms with E-state index in [4.69, 9.17) is 0 Å². The maximum absolute atomic E-state index is 3.70. The second-order valence-electron chi connectivity index (χ2n) is 6.12. The number of fused-ring (bicyclic) bond motifs is 1. The Balaban J connectivity index is 1.50. The Morgan fingerprint density at radius 1 is 1.14 bits per heavy atom. The van der Waals surface area contributed by atoms with Crippen molar-refractivity contribution in [1.82, 2.24) is 10.2 Å². The molecule has 0 saturated carbocycles. The standard InChI is InChI=1S/C18H26N2S/c1-15(18-14-16-8-4-5-9-17(16)21-18)19-10-13-20-11-6-2-3-7-12-20/h4-5,8-9,14-15,19H,2-3,6-7,10-13H2,1H3. The number of nitrogens with zero attached hydrogens (tertiary/aromatic N) is 1. The third-order valence-electron chi connectivity index (χ3n) is 4.45. The summed E-state index contributed by atoms with van der Waals surface area (Å²) in [6.07, 6.45) is 5.60. The molecule has 1 saturated heterocycles. The number of hydrogen-bond acceptors (Lipinski definition) is 3. The summed E-state index contributed by atoms with van der Waals surface area (Å²) in [6.45, 7) is 7.15. The molecule has 1 fully saturated rings. The molecular formula is C18H26N2S. The van der Waals surface area contributed by atoms with Crippen LogP contribution >= 0.6 is 11.3 Å². The number of benzene rings is 1. The van der Waals surface area contributed by atoms with Gasteiger partial charge in [0.15, 0.2) is 0 Å². The molecule has 1 aliphatic heterocycles. The normalized spacial score (nSPS) is 18.7. The van der Waals surface area contributed by atoms with Gasteiger partial charge in [-0.15, -0.1) is 11.3 Å². The molecule has 0 radical (unpaired) electrons. The van der Waals surface area contributed by atoms with Crippen molar-refractivity contribution in [2.24, 2.45) is 0 Å². The summed E-state index contributed by atoms with van der Waals surface area (Å²) < 4.78 is 1.40. The Morgan fingerprint density at radius 2 is 1.90 bits per heavy atom. The topological polar surface area (TPSA) is 15.3 Å². The van der Waals surface area contributed by atoms with Crippen LogP contribution in [0.5, 0.6) is 0 Å². The summed E-state index contributed by atoms with van der Waals surface area (Å²) in [5.74, 6) is 0. The molecule has 1 aromatic carbocycles. The molecule has 1 N–H and O–H groups in total. The van der Waals surface area contributed by atoms with Crippen LogP contribution in [0.3, 0.4) is 0 Å². The predicted molar refractivity (Wildman–Crippen MR) is 93.2 cm³/mol. The van der Waals surface area contributed by atoms with Gasteiger partial charge in [-0.05, 0) is 50.4 Å².